The van der Waals surface area contributed by atoms with E-state index in [1.54, 1.807) is 23.8 Å². The van der Waals surface area contributed by atoms with Crippen LogP contribution >= 0.6 is 0 Å². The highest BCUT2D eigenvalue weighted by molar-refractivity contribution is 6.00. The Morgan fingerprint density at radius 2 is 1.75 bits per heavy atom. The molecule has 3 aromatic rings. The molecule has 0 atom stereocenters. The Balaban J connectivity index is 1.68. The fourth-order valence-electron chi connectivity index (χ4n) is 4.04. The van der Waals surface area contributed by atoms with Gasteiger partial charge in [0.25, 0.3) is 5.91 Å². The first kappa shape index (κ1) is 21.9. The van der Waals surface area contributed by atoms with Gasteiger partial charge in [-0.05, 0) is 56.3 Å². The molecule has 1 fully saturated rings. The summed E-state index contributed by atoms with van der Waals surface area (Å²) in [6.45, 7) is 3.80. The number of carbonyl (C=O) groups is 1. The number of likely N-dealkylation sites (tertiary alicyclic amines) is 1. The highest BCUT2D eigenvalue weighted by Crippen LogP contribution is 2.33. The van der Waals surface area contributed by atoms with Crippen LogP contribution in [0.1, 0.15) is 23.2 Å². The fraction of sp³-hybridized carbons (Fsp3) is 0.360. The van der Waals surface area contributed by atoms with Gasteiger partial charge in [-0.15, -0.1) is 0 Å². The number of methoxy groups -OCH3 is 2. The Kier molecular flexibility index (Phi) is 6.75. The number of hydrogen-bond acceptors (Lipinski definition) is 5. The Morgan fingerprint density at radius 1 is 1.03 bits per heavy atom. The van der Waals surface area contributed by atoms with E-state index < -0.39 is 0 Å². The summed E-state index contributed by atoms with van der Waals surface area (Å²) in [4.78, 5) is 17.7. The van der Waals surface area contributed by atoms with Crippen molar-refractivity contribution in [2.24, 2.45) is 0 Å². The molecule has 4 rings (SSSR count). The minimum Gasteiger partial charge on any atom is -0.493 e. The summed E-state index contributed by atoms with van der Waals surface area (Å²) in [5, 5.41) is 4.79. The molecule has 32 heavy (non-hydrogen) atoms. The normalized spacial score (nSPS) is 13.8. The molecular formula is C25H30N4O3. The molecule has 1 aromatic heterocycles. The molecule has 2 heterocycles. The largest absolute Gasteiger partial charge is 0.493 e. The molecule has 0 radical (unpaired) electrons. The molecule has 1 aliphatic heterocycles. The SMILES string of the molecule is COc1ccc(-c2nn(-c3ccccc3)cc2C(=O)N(C)CCN2CCCC2)cc1OC. The van der Waals surface area contributed by atoms with Gasteiger partial charge in [0.15, 0.2) is 11.5 Å². The van der Waals surface area contributed by atoms with E-state index >= 15 is 0 Å². The lowest BCUT2D eigenvalue weighted by Crippen LogP contribution is -2.35. The van der Waals surface area contributed by atoms with Crippen molar-refractivity contribution < 1.29 is 14.3 Å². The average molecular weight is 435 g/mol. The second kappa shape index (κ2) is 9.87. The van der Waals surface area contributed by atoms with Crippen LogP contribution in [0, 0.1) is 0 Å². The zero-order valence-corrected chi connectivity index (χ0v) is 19.0. The fourth-order valence-corrected chi connectivity index (χ4v) is 4.04. The van der Waals surface area contributed by atoms with E-state index in [-0.39, 0.29) is 5.91 Å². The van der Waals surface area contributed by atoms with Crippen LogP contribution in [0.5, 0.6) is 11.5 Å². The standard InChI is InChI=1S/C25H30N4O3/c1-27(15-16-28-13-7-8-14-28)25(30)21-18-29(20-9-5-4-6-10-20)26-24(21)19-11-12-22(31-2)23(17-19)32-3/h4-6,9-12,17-18H,7-8,13-16H2,1-3H3. The van der Waals surface area contributed by atoms with Crippen LogP contribution in [0.2, 0.25) is 0 Å². The van der Waals surface area contributed by atoms with Crippen LogP contribution in [0.4, 0.5) is 0 Å². The van der Waals surface area contributed by atoms with Gasteiger partial charge < -0.3 is 19.3 Å². The second-order valence-electron chi connectivity index (χ2n) is 8.02. The van der Waals surface area contributed by atoms with Crippen LogP contribution in [-0.2, 0) is 0 Å². The highest BCUT2D eigenvalue weighted by Gasteiger charge is 2.23. The maximum absolute atomic E-state index is 13.5. The van der Waals surface area contributed by atoms with Gasteiger partial charge in [0, 0.05) is 31.9 Å². The van der Waals surface area contributed by atoms with Crippen molar-refractivity contribution >= 4 is 5.91 Å². The van der Waals surface area contributed by atoms with Crippen molar-refractivity contribution in [2.45, 2.75) is 12.8 Å². The number of rotatable bonds is 8. The lowest BCUT2D eigenvalue weighted by molar-refractivity contribution is 0.0783. The molecule has 0 aliphatic carbocycles. The predicted octanol–water partition coefficient (Wildman–Crippen LogP) is 3.72. The molecule has 0 N–H and O–H groups in total. The molecule has 0 spiro atoms. The van der Waals surface area contributed by atoms with Crippen molar-refractivity contribution in [3.05, 3.63) is 60.3 Å². The quantitative estimate of drug-likeness (QED) is 0.541. The Hall–Kier alpha value is -3.32. The van der Waals surface area contributed by atoms with E-state index in [1.165, 1.54) is 12.8 Å². The Labute approximate surface area is 189 Å². The Morgan fingerprint density at radius 3 is 2.44 bits per heavy atom. The monoisotopic (exact) mass is 434 g/mol. The van der Waals surface area contributed by atoms with Gasteiger partial charge in [-0.1, -0.05) is 18.2 Å². The average Bonchev–Trinajstić information content (AvgIpc) is 3.52. The zero-order valence-electron chi connectivity index (χ0n) is 19.0. The van der Waals surface area contributed by atoms with Crippen LogP contribution in [0.15, 0.2) is 54.7 Å². The van der Waals surface area contributed by atoms with E-state index in [0.717, 1.165) is 30.9 Å². The number of para-hydroxylation sites is 1. The van der Waals surface area contributed by atoms with Crippen molar-refractivity contribution in [1.29, 1.82) is 0 Å². The summed E-state index contributed by atoms with van der Waals surface area (Å²) in [5.74, 6) is 1.19. The summed E-state index contributed by atoms with van der Waals surface area (Å²) in [6, 6.07) is 15.4. The summed E-state index contributed by atoms with van der Waals surface area (Å²) >= 11 is 0. The number of carbonyl (C=O) groups excluding carboxylic acids is 1. The van der Waals surface area contributed by atoms with Crippen LogP contribution in [0.3, 0.4) is 0 Å². The minimum absolute atomic E-state index is 0.0452. The van der Waals surface area contributed by atoms with Gasteiger partial charge in [0.2, 0.25) is 0 Å². The molecule has 0 unspecified atom stereocenters. The molecule has 7 nitrogen and oxygen atoms in total. The van der Waals surface area contributed by atoms with Crippen LogP contribution < -0.4 is 9.47 Å². The van der Waals surface area contributed by atoms with Crippen molar-refractivity contribution in [3.8, 4) is 28.4 Å². The van der Waals surface area contributed by atoms with Crippen molar-refractivity contribution in [1.82, 2.24) is 19.6 Å². The second-order valence-corrected chi connectivity index (χ2v) is 8.02. The van der Waals surface area contributed by atoms with Gasteiger partial charge in [0.05, 0.1) is 25.5 Å². The maximum Gasteiger partial charge on any atom is 0.257 e. The van der Waals surface area contributed by atoms with Crippen molar-refractivity contribution in [2.75, 3.05) is 47.4 Å². The number of nitrogens with zero attached hydrogens (tertiary/aromatic N) is 4. The molecule has 0 bridgehead atoms. The molecule has 168 valence electrons. The predicted molar refractivity (Wildman–Crippen MR) is 125 cm³/mol. The van der Waals surface area contributed by atoms with Gasteiger partial charge >= 0.3 is 0 Å². The maximum atomic E-state index is 13.5. The summed E-state index contributed by atoms with van der Waals surface area (Å²) < 4.78 is 12.6. The molecular weight excluding hydrogens is 404 g/mol. The first-order chi connectivity index (χ1) is 15.6. The van der Waals surface area contributed by atoms with Crippen LogP contribution in [0.25, 0.3) is 16.9 Å². The van der Waals surface area contributed by atoms with Crippen molar-refractivity contribution in [3.63, 3.8) is 0 Å². The topological polar surface area (TPSA) is 59.8 Å². The number of ether oxygens (including phenoxy) is 2. The van der Waals surface area contributed by atoms with Gasteiger partial charge in [-0.3, -0.25) is 4.79 Å². The summed E-state index contributed by atoms with van der Waals surface area (Å²) in [5.41, 5.74) is 2.87. The first-order valence-corrected chi connectivity index (χ1v) is 11.0. The third kappa shape index (κ3) is 4.62. The van der Waals surface area contributed by atoms with E-state index in [9.17, 15) is 4.79 Å². The number of amides is 1. The van der Waals surface area contributed by atoms with E-state index in [1.807, 2.05) is 61.8 Å². The number of likely N-dealkylation sites (N-methyl/N-ethyl adjacent to an activating group) is 1. The van der Waals surface area contributed by atoms with E-state index in [0.29, 0.717) is 29.3 Å². The lowest BCUT2D eigenvalue weighted by Gasteiger charge is -2.21. The molecule has 7 heteroatoms. The third-order valence-corrected chi connectivity index (χ3v) is 5.92. The number of hydrogen-bond donors (Lipinski definition) is 0. The smallest absolute Gasteiger partial charge is 0.257 e. The van der Waals surface area contributed by atoms with Crippen LogP contribution in [-0.4, -0.2) is 72.9 Å². The number of aromatic nitrogens is 2. The molecule has 1 saturated heterocycles. The number of benzene rings is 2. The third-order valence-electron chi connectivity index (χ3n) is 5.92. The Bertz CT molecular complexity index is 1060. The van der Waals surface area contributed by atoms with E-state index in [4.69, 9.17) is 14.6 Å². The zero-order chi connectivity index (χ0) is 22.5. The summed E-state index contributed by atoms with van der Waals surface area (Å²) in [7, 11) is 5.06. The van der Waals surface area contributed by atoms with Gasteiger partial charge in [0.1, 0.15) is 5.69 Å². The highest BCUT2D eigenvalue weighted by atomic mass is 16.5. The molecule has 0 saturated carbocycles. The van der Waals surface area contributed by atoms with Gasteiger partial charge in [-0.2, -0.15) is 5.10 Å². The molecule has 1 amide bonds. The van der Waals surface area contributed by atoms with Gasteiger partial charge in [-0.25, -0.2) is 4.68 Å². The summed E-state index contributed by atoms with van der Waals surface area (Å²) in [6.07, 6.45) is 4.30. The lowest BCUT2D eigenvalue weighted by atomic mass is 10.1. The first-order valence-electron chi connectivity index (χ1n) is 11.0. The minimum atomic E-state index is -0.0452. The molecule has 1 aliphatic rings. The van der Waals surface area contributed by atoms with E-state index in [2.05, 4.69) is 4.90 Å². The molecule has 2 aromatic carbocycles.